The van der Waals surface area contributed by atoms with Crippen molar-refractivity contribution in [2.24, 2.45) is 0 Å². The van der Waals surface area contributed by atoms with Crippen LogP contribution in [0.2, 0.25) is 0 Å². The van der Waals surface area contributed by atoms with Crippen molar-refractivity contribution in [2.75, 3.05) is 5.32 Å². The van der Waals surface area contributed by atoms with Gasteiger partial charge in [0, 0.05) is 16.1 Å². The zero-order chi connectivity index (χ0) is 14.0. The summed E-state index contributed by atoms with van der Waals surface area (Å²) in [5.74, 6) is -0.631. The zero-order valence-corrected chi connectivity index (χ0v) is 11.6. The molecule has 1 amide bonds. The summed E-state index contributed by atoms with van der Waals surface area (Å²) in [7, 11) is 0. The van der Waals surface area contributed by atoms with Gasteiger partial charge in [-0.25, -0.2) is 4.39 Å². The predicted molar refractivity (Wildman–Crippen MR) is 77.5 cm³/mol. The van der Waals surface area contributed by atoms with Crippen molar-refractivity contribution in [3.05, 3.63) is 58.9 Å². The van der Waals surface area contributed by atoms with Crippen LogP contribution in [0.3, 0.4) is 0 Å². The monoisotopic (exact) mass is 275 g/mol. The van der Waals surface area contributed by atoms with E-state index in [9.17, 15) is 9.18 Å². The lowest BCUT2D eigenvalue weighted by atomic mass is 10.1. The molecule has 2 aromatic rings. The molecule has 2 nitrogen and oxygen atoms in total. The smallest absolute Gasteiger partial charge is 0.255 e. The maximum atomic E-state index is 13.3. The Hall–Kier alpha value is -1.81. The van der Waals surface area contributed by atoms with Gasteiger partial charge in [-0.05, 0) is 55.3 Å². The molecule has 19 heavy (non-hydrogen) atoms. The van der Waals surface area contributed by atoms with E-state index < -0.39 is 0 Å². The molecule has 0 aliphatic heterocycles. The van der Waals surface area contributed by atoms with E-state index in [4.69, 9.17) is 0 Å². The van der Waals surface area contributed by atoms with Gasteiger partial charge in [0.05, 0.1) is 0 Å². The predicted octanol–water partition coefficient (Wildman–Crippen LogP) is 3.98. The first kappa shape index (κ1) is 13.6. The molecule has 0 spiro atoms. The van der Waals surface area contributed by atoms with E-state index in [1.54, 1.807) is 19.1 Å². The van der Waals surface area contributed by atoms with Crippen LogP contribution in [-0.2, 0) is 0 Å². The van der Waals surface area contributed by atoms with Gasteiger partial charge in [0.25, 0.3) is 5.91 Å². The van der Waals surface area contributed by atoms with Gasteiger partial charge in [0.1, 0.15) is 5.82 Å². The minimum absolute atomic E-state index is 0.265. The van der Waals surface area contributed by atoms with Gasteiger partial charge in [-0.15, -0.1) is 12.6 Å². The zero-order valence-electron chi connectivity index (χ0n) is 10.7. The van der Waals surface area contributed by atoms with Crippen LogP contribution in [0.1, 0.15) is 21.5 Å². The number of carbonyl (C=O) groups excluding carboxylic acids is 1. The first-order valence-electron chi connectivity index (χ1n) is 5.84. The molecule has 2 aromatic carbocycles. The van der Waals surface area contributed by atoms with Crippen molar-refractivity contribution >= 4 is 24.2 Å². The van der Waals surface area contributed by atoms with Gasteiger partial charge in [0.2, 0.25) is 0 Å². The molecule has 0 bridgehead atoms. The second kappa shape index (κ2) is 5.45. The topological polar surface area (TPSA) is 29.1 Å². The lowest BCUT2D eigenvalue weighted by molar-refractivity contribution is 0.102. The van der Waals surface area contributed by atoms with Crippen LogP contribution >= 0.6 is 12.6 Å². The Balaban J connectivity index is 2.28. The molecule has 0 aromatic heterocycles. The second-order valence-corrected chi connectivity index (χ2v) is 4.99. The number of hydrogen-bond donors (Lipinski definition) is 2. The molecule has 0 heterocycles. The molecule has 0 fully saturated rings. The van der Waals surface area contributed by atoms with Crippen molar-refractivity contribution in [3.8, 4) is 0 Å². The van der Waals surface area contributed by atoms with Gasteiger partial charge >= 0.3 is 0 Å². The van der Waals surface area contributed by atoms with Crippen LogP contribution in [0.4, 0.5) is 10.1 Å². The fourth-order valence-corrected chi connectivity index (χ4v) is 2.07. The Bertz CT molecular complexity index is 620. The van der Waals surface area contributed by atoms with Crippen LogP contribution in [0.25, 0.3) is 0 Å². The maximum absolute atomic E-state index is 13.3. The van der Waals surface area contributed by atoms with Crippen molar-refractivity contribution in [1.82, 2.24) is 0 Å². The summed E-state index contributed by atoms with van der Waals surface area (Å²) in [6, 6.07) is 9.77. The van der Waals surface area contributed by atoms with Gasteiger partial charge in [-0.2, -0.15) is 0 Å². The highest BCUT2D eigenvalue weighted by Crippen LogP contribution is 2.18. The Morgan fingerprint density at radius 3 is 2.58 bits per heavy atom. The minimum Gasteiger partial charge on any atom is -0.322 e. The summed E-state index contributed by atoms with van der Waals surface area (Å²) >= 11 is 4.21. The third kappa shape index (κ3) is 3.35. The normalized spacial score (nSPS) is 10.3. The number of benzene rings is 2. The van der Waals surface area contributed by atoms with Crippen LogP contribution < -0.4 is 5.32 Å². The van der Waals surface area contributed by atoms with E-state index in [1.165, 1.54) is 12.1 Å². The van der Waals surface area contributed by atoms with E-state index >= 15 is 0 Å². The van der Waals surface area contributed by atoms with Crippen LogP contribution in [0, 0.1) is 19.7 Å². The summed E-state index contributed by atoms with van der Waals surface area (Å²) in [6.45, 7) is 3.62. The maximum Gasteiger partial charge on any atom is 0.255 e. The SMILES string of the molecule is Cc1cc(F)cc(NC(=O)c2cc(S)ccc2C)c1. The number of anilines is 1. The number of amides is 1. The Labute approximate surface area is 117 Å². The number of aryl methyl sites for hydroxylation is 2. The molecule has 0 atom stereocenters. The van der Waals surface area contributed by atoms with Gasteiger partial charge in [-0.3, -0.25) is 4.79 Å². The average Bonchev–Trinajstić information content (AvgIpc) is 2.30. The minimum atomic E-state index is -0.366. The highest BCUT2D eigenvalue weighted by molar-refractivity contribution is 7.80. The summed E-state index contributed by atoms with van der Waals surface area (Å²) < 4.78 is 13.3. The van der Waals surface area contributed by atoms with E-state index in [2.05, 4.69) is 17.9 Å². The molecule has 0 saturated carbocycles. The molecule has 2 rings (SSSR count). The summed E-state index contributed by atoms with van der Waals surface area (Å²) in [5, 5.41) is 2.70. The fraction of sp³-hybridized carbons (Fsp3) is 0.133. The molecule has 0 unspecified atom stereocenters. The third-order valence-electron chi connectivity index (χ3n) is 2.77. The fourth-order valence-electron chi connectivity index (χ4n) is 1.86. The van der Waals surface area contributed by atoms with Gasteiger partial charge < -0.3 is 5.32 Å². The molecule has 1 N–H and O–H groups in total. The molecular formula is C15H14FNOS. The van der Waals surface area contributed by atoms with Crippen molar-refractivity contribution in [1.29, 1.82) is 0 Å². The van der Waals surface area contributed by atoms with Crippen LogP contribution in [0.5, 0.6) is 0 Å². The Kier molecular flexibility index (Phi) is 3.90. The average molecular weight is 275 g/mol. The third-order valence-corrected chi connectivity index (χ3v) is 3.04. The largest absolute Gasteiger partial charge is 0.322 e. The molecule has 0 saturated heterocycles. The van der Waals surface area contributed by atoms with Crippen molar-refractivity contribution in [2.45, 2.75) is 18.7 Å². The first-order chi connectivity index (χ1) is 8.95. The van der Waals surface area contributed by atoms with E-state index in [-0.39, 0.29) is 11.7 Å². The number of hydrogen-bond acceptors (Lipinski definition) is 2. The molecule has 4 heteroatoms. The summed E-state index contributed by atoms with van der Waals surface area (Å²) in [6.07, 6.45) is 0. The summed E-state index contributed by atoms with van der Waals surface area (Å²) in [4.78, 5) is 12.9. The Morgan fingerprint density at radius 2 is 1.89 bits per heavy atom. The molecular weight excluding hydrogens is 261 g/mol. The molecule has 0 aliphatic rings. The standard InChI is InChI=1S/C15H14FNOS/c1-9-5-11(16)7-12(6-9)17-15(18)14-8-13(19)4-3-10(14)2/h3-8,19H,1-2H3,(H,17,18). The van der Waals surface area contributed by atoms with Crippen LogP contribution in [-0.4, -0.2) is 5.91 Å². The lowest BCUT2D eigenvalue weighted by Gasteiger charge is -2.09. The highest BCUT2D eigenvalue weighted by Gasteiger charge is 2.10. The number of rotatable bonds is 2. The van der Waals surface area contributed by atoms with Crippen molar-refractivity contribution in [3.63, 3.8) is 0 Å². The number of thiol groups is 1. The second-order valence-electron chi connectivity index (χ2n) is 4.47. The number of halogens is 1. The molecule has 98 valence electrons. The van der Waals surface area contributed by atoms with E-state index in [0.717, 1.165) is 11.1 Å². The molecule has 0 radical (unpaired) electrons. The van der Waals surface area contributed by atoms with E-state index in [0.29, 0.717) is 16.1 Å². The quantitative estimate of drug-likeness (QED) is 0.797. The van der Waals surface area contributed by atoms with Crippen LogP contribution in [0.15, 0.2) is 41.3 Å². The first-order valence-corrected chi connectivity index (χ1v) is 6.28. The van der Waals surface area contributed by atoms with Gasteiger partial charge in [0.15, 0.2) is 0 Å². The lowest BCUT2D eigenvalue weighted by Crippen LogP contribution is -2.13. The van der Waals surface area contributed by atoms with Crippen molar-refractivity contribution < 1.29 is 9.18 Å². The summed E-state index contributed by atoms with van der Waals surface area (Å²) in [5.41, 5.74) is 2.60. The highest BCUT2D eigenvalue weighted by atomic mass is 32.1. The Morgan fingerprint density at radius 1 is 1.16 bits per heavy atom. The van der Waals surface area contributed by atoms with Gasteiger partial charge in [-0.1, -0.05) is 6.07 Å². The number of carbonyl (C=O) groups is 1. The molecule has 0 aliphatic carbocycles. The van der Waals surface area contributed by atoms with E-state index in [1.807, 2.05) is 19.1 Å². The number of nitrogens with one attached hydrogen (secondary N) is 1.